The highest BCUT2D eigenvalue weighted by atomic mass is 16.5. The molecule has 1 aromatic heterocycles. The molecule has 0 aliphatic carbocycles. The third-order valence-corrected chi connectivity index (χ3v) is 4.46. The Kier molecular flexibility index (Phi) is 4.20. The zero-order valence-electron chi connectivity index (χ0n) is 13.2. The molecule has 0 bridgehead atoms. The van der Waals surface area contributed by atoms with E-state index in [2.05, 4.69) is 4.98 Å². The van der Waals surface area contributed by atoms with Crippen molar-refractivity contribution in [3.8, 4) is 0 Å². The van der Waals surface area contributed by atoms with Gasteiger partial charge in [-0.3, -0.25) is 9.59 Å². The minimum Gasteiger partial charge on any atom is -0.368 e. The summed E-state index contributed by atoms with van der Waals surface area (Å²) in [4.78, 5) is 31.7. The molecule has 0 radical (unpaired) electrons. The van der Waals surface area contributed by atoms with Crippen LogP contribution in [0.25, 0.3) is 0 Å². The summed E-state index contributed by atoms with van der Waals surface area (Å²) in [5.74, 6) is 0.129. The Labute approximate surface area is 130 Å². The maximum atomic E-state index is 12.5. The second kappa shape index (κ2) is 6.12. The molecule has 2 amide bonds. The maximum Gasteiger partial charge on any atom is 0.255 e. The van der Waals surface area contributed by atoms with Crippen molar-refractivity contribution in [1.29, 1.82) is 0 Å². The summed E-state index contributed by atoms with van der Waals surface area (Å²) in [6.07, 6.45) is 1.51. The topological polar surface area (TPSA) is 65.6 Å². The predicted octanol–water partition coefficient (Wildman–Crippen LogP) is 1.09. The van der Waals surface area contributed by atoms with Gasteiger partial charge in [0.15, 0.2) is 0 Å². The van der Waals surface area contributed by atoms with Gasteiger partial charge in [-0.2, -0.15) is 0 Å². The molecule has 0 aromatic carbocycles. The Hall–Kier alpha value is -1.82. The van der Waals surface area contributed by atoms with Crippen molar-refractivity contribution in [1.82, 2.24) is 14.8 Å². The molecule has 1 unspecified atom stereocenters. The second-order valence-corrected chi connectivity index (χ2v) is 6.11. The van der Waals surface area contributed by atoms with E-state index >= 15 is 0 Å². The largest absolute Gasteiger partial charge is 0.368 e. The molecular weight excluding hydrogens is 282 g/mol. The van der Waals surface area contributed by atoms with Crippen molar-refractivity contribution in [3.05, 3.63) is 23.0 Å². The summed E-state index contributed by atoms with van der Waals surface area (Å²) in [5, 5.41) is 0. The van der Waals surface area contributed by atoms with Gasteiger partial charge in [0.05, 0.1) is 5.56 Å². The molecule has 2 aliphatic heterocycles. The van der Waals surface area contributed by atoms with E-state index in [1.807, 2.05) is 29.7 Å². The van der Waals surface area contributed by atoms with Crippen LogP contribution >= 0.6 is 0 Å². The minimum atomic E-state index is -0.267. The van der Waals surface area contributed by atoms with Crippen molar-refractivity contribution < 1.29 is 14.3 Å². The first-order valence-electron chi connectivity index (χ1n) is 7.92. The number of carbonyl (C=O) groups excluding carboxylic acids is 2. The molecule has 6 heteroatoms. The van der Waals surface area contributed by atoms with E-state index in [1.165, 1.54) is 0 Å². The van der Waals surface area contributed by atoms with Crippen LogP contribution in [0.2, 0.25) is 0 Å². The number of hydrogen-bond acceptors (Lipinski definition) is 3. The van der Waals surface area contributed by atoms with Crippen LogP contribution in [0.1, 0.15) is 34.6 Å². The lowest BCUT2D eigenvalue weighted by Gasteiger charge is -2.35. The van der Waals surface area contributed by atoms with Crippen LogP contribution < -0.4 is 0 Å². The number of carbonyl (C=O) groups is 2. The van der Waals surface area contributed by atoms with Crippen LogP contribution in [0.15, 0.2) is 6.07 Å². The molecule has 0 spiro atoms. The van der Waals surface area contributed by atoms with Crippen molar-refractivity contribution >= 4 is 11.8 Å². The number of amides is 2. The van der Waals surface area contributed by atoms with E-state index in [1.54, 1.807) is 0 Å². The van der Waals surface area contributed by atoms with E-state index in [-0.39, 0.29) is 17.9 Å². The molecule has 3 rings (SSSR count). The molecule has 6 nitrogen and oxygen atoms in total. The van der Waals surface area contributed by atoms with Crippen LogP contribution in [0.3, 0.4) is 0 Å². The number of ether oxygens (including phenoxy) is 1. The van der Waals surface area contributed by atoms with Crippen LogP contribution in [0, 0.1) is 13.8 Å². The smallest absolute Gasteiger partial charge is 0.255 e. The number of aromatic amines is 1. The van der Waals surface area contributed by atoms with Gasteiger partial charge >= 0.3 is 0 Å². The summed E-state index contributed by atoms with van der Waals surface area (Å²) in [7, 11) is 0. The van der Waals surface area contributed by atoms with Crippen LogP contribution in [0.5, 0.6) is 0 Å². The number of aromatic nitrogens is 1. The first-order valence-corrected chi connectivity index (χ1v) is 7.92. The fourth-order valence-corrected chi connectivity index (χ4v) is 3.22. The summed E-state index contributed by atoms with van der Waals surface area (Å²) in [5.41, 5.74) is 2.63. The number of nitrogens with zero attached hydrogens (tertiary/aromatic N) is 2. The van der Waals surface area contributed by atoms with Gasteiger partial charge in [-0.05, 0) is 32.8 Å². The van der Waals surface area contributed by atoms with Gasteiger partial charge in [0, 0.05) is 44.2 Å². The zero-order chi connectivity index (χ0) is 15.7. The normalized spacial score (nSPS) is 22.2. The van der Waals surface area contributed by atoms with Crippen molar-refractivity contribution in [2.24, 2.45) is 0 Å². The lowest BCUT2D eigenvalue weighted by atomic mass is 10.1. The summed E-state index contributed by atoms with van der Waals surface area (Å²) in [6, 6.07) is 1.89. The van der Waals surface area contributed by atoms with Crippen molar-refractivity contribution in [2.45, 2.75) is 32.8 Å². The second-order valence-electron chi connectivity index (χ2n) is 6.11. The lowest BCUT2D eigenvalue weighted by Crippen LogP contribution is -2.52. The average Bonchev–Trinajstić information content (AvgIpc) is 3.15. The Morgan fingerprint density at radius 2 is 1.86 bits per heavy atom. The minimum absolute atomic E-state index is 0.0473. The molecule has 3 heterocycles. The van der Waals surface area contributed by atoms with E-state index in [9.17, 15) is 9.59 Å². The number of rotatable bonds is 2. The van der Waals surface area contributed by atoms with Gasteiger partial charge in [0.25, 0.3) is 11.8 Å². The highest BCUT2D eigenvalue weighted by Crippen LogP contribution is 2.18. The van der Waals surface area contributed by atoms with Gasteiger partial charge in [0.2, 0.25) is 0 Å². The standard InChI is InChI=1S/C16H23N3O3/c1-11-10-13(12(2)17-11)15(20)18-5-7-19(8-6-18)16(21)14-4-3-9-22-14/h10,14,17H,3-9H2,1-2H3. The Morgan fingerprint density at radius 3 is 2.41 bits per heavy atom. The molecule has 1 N–H and O–H groups in total. The Morgan fingerprint density at radius 1 is 1.18 bits per heavy atom. The monoisotopic (exact) mass is 305 g/mol. The van der Waals surface area contributed by atoms with Crippen LogP contribution in [0.4, 0.5) is 0 Å². The van der Waals surface area contributed by atoms with Gasteiger partial charge in [0.1, 0.15) is 6.10 Å². The number of H-pyrrole nitrogens is 1. The quantitative estimate of drug-likeness (QED) is 0.889. The average molecular weight is 305 g/mol. The Balaban J connectivity index is 1.58. The molecule has 1 atom stereocenters. The molecule has 2 saturated heterocycles. The summed E-state index contributed by atoms with van der Waals surface area (Å²) >= 11 is 0. The third-order valence-electron chi connectivity index (χ3n) is 4.46. The first-order chi connectivity index (χ1) is 10.6. The number of aryl methyl sites for hydroxylation is 2. The zero-order valence-corrected chi connectivity index (χ0v) is 13.2. The van der Waals surface area contributed by atoms with E-state index in [0.717, 1.165) is 29.8 Å². The van der Waals surface area contributed by atoms with Crippen molar-refractivity contribution in [2.75, 3.05) is 32.8 Å². The van der Waals surface area contributed by atoms with Crippen molar-refractivity contribution in [3.63, 3.8) is 0 Å². The molecular formula is C16H23N3O3. The maximum absolute atomic E-state index is 12.5. The number of nitrogens with one attached hydrogen (secondary N) is 1. The SMILES string of the molecule is Cc1cc(C(=O)N2CCN(C(=O)C3CCCO3)CC2)c(C)[nH]1. The van der Waals surface area contributed by atoms with Gasteiger partial charge in [-0.25, -0.2) is 0 Å². The third kappa shape index (κ3) is 2.88. The molecule has 2 fully saturated rings. The van der Waals surface area contributed by atoms with Gasteiger partial charge in [-0.15, -0.1) is 0 Å². The first kappa shape index (κ1) is 15.1. The fraction of sp³-hybridized carbons (Fsp3) is 0.625. The van der Waals surface area contributed by atoms with E-state index < -0.39 is 0 Å². The lowest BCUT2D eigenvalue weighted by molar-refractivity contribution is -0.142. The summed E-state index contributed by atoms with van der Waals surface area (Å²) < 4.78 is 5.45. The molecule has 22 heavy (non-hydrogen) atoms. The van der Waals surface area contributed by atoms with Gasteiger partial charge < -0.3 is 19.5 Å². The van der Waals surface area contributed by atoms with Gasteiger partial charge in [-0.1, -0.05) is 0 Å². The molecule has 2 aliphatic rings. The van der Waals surface area contributed by atoms with E-state index in [4.69, 9.17) is 4.74 Å². The molecule has 1 aromatic rings. The fourth-order valence-electron chi connectivity index (χ4n) is 3.22. The highest BCUT2D eigenvalue weighted by molar-refractivity contribution is 5.95. The number of piperazine rings is 1. The Bertz CT molecular complexity index is 567. The van der Waals surface area contributed by atoms with Crippen LogP contribution in [-0.2, 0) is 9.53 Å². The summed E-state index contributed by atoms with van der Waals surface area (Å²) in [6.45, 7) is 6.89. The molecule has 0 saturated carbocycles. The highest BCUT2D eigenvalue weighted by Gasteiger charge is 2.31. The van der Waals surface area contributed by atoms with Crippen LogP contribution in [-0.4, -0.2) is 65.5 Å². The van der Waals surface area contributed by atoms with E-state index in [0.29, 0.717) is 32.8 Å². The number of hydrogen-bond donors (Lipinski definition) is 1. The molecule has 120 valence electrons. The predicted molar refractivity (Wildman–Crippen MR) is 81.7 cm³/mol.